The fourth-order valence-corrected chi connectivity index (χ4v) is 3.80. The fraction of sp³-hybridized carbons (Fsp3) is 0.231. The van der Waals surface area contributed by atoms with Gasteiger partial charge in [-0.1, -0.05) is 60.7 Å². The Hall–Kier alpha value is -4.00. The maximum absolute atomic E-state index is 13.2. The monoisotopic (exact) mass is 441 g/mol. The second-order valence-corrected chi connectivity index (χ2v) is 7.69. The van der Waals surface area contributed by atoms with E-state index >= 15 is 0 Å². The third kappa shape index (κ3) is 4.92. The summed E-state index contributed by atoms with van der Waals surface area (Å²) in [7, 11) is 0. The molecule has 0 unspecified atom stereocenters. The van der Waals surface area contributed by atoms with Crippen LogP contribution in [0.1, 0.15) is 29.8 Å². The van der Waals surface area contributed by atoms with Crippen LogP contribution in [0.25, 0.3) is 22.3 Å². The van der Waals surface area contributed by atoms with Gasteiger partial charge >= 0.3 is 0 Å². The third-order valence-corrected chi connectivity index (χ3v) is 5.61. The second kappa shape index (κ2) is 10.1. The van der Waals surface area contributed by atoms with Gasteiger partial charge in [0.05, 0.1) is 35.9 Å². The fourth-order valence-electron chi connectivity index (χ4n) is 3.80. The minimum atomic E-state index is -0.320. The topological polar surface area (TPSA) is 80.1 Å². The maximum Gasteiger partial charge on any atom is 0.252 e. The number of likely N-dealkylation sites (N-methyl/N-ethyl adjacent to an activating group) is 1. The molecule has 7 heteroatoms. The van der Waals surface area contributed by atoms with Crippen LogP contribution in [0.5, 0.6) is 0 Å². The van der Waals surface area contributed by atoms with Crippen LogP contribution in [-0.2, 0) is 11.3 Å². The average molecular weight is 442 g/mol. The van der Waals surface area contributed by atoms with Crippen LogP contribution in [0, 0.1) is 0 Å². The Morgan fingerprint density at radius 1 is 0.970 bits per heavy atom. The molecule has 0 aliphatic rings. The van der Waals surface area contributed by atoms with Crippen LogP contribution >= 0.6 is 0 Å². The number of fused-ring (bicyclic) bond motifs is 1. The zero-order valence-corrected chi connectivity index (χ0v) is 18.9. The molecule has 0 spiro atoms. The molecular weight excluding hydrogens is 414 g/mol. The van der Waals surface area contributed by atoms with Gasteiger partial charge in [0.25, 0.3) is 5.91 Å². The average Bonchev–Trinajstić information content (AvgIpc) is 3.26. The van der Waals surface area contributed by atoms with E-state index in [1.54, 1.807) is 21.8 Å². The quantitative estimate of drug-likeness (QED) is 0.452. The van der Waals surface area contributed by atoms with E-state index in [-0.39, 0.29) is 18.4 Å². The van der Waals surface area contributed by atoms with Crippen molar-refractivity contribution in [3.63, 3.8) is 0 Å². The summed E-state index contributed by atoms with van der Waals surface area (Å²) in [4.78, 5) is 32.1. The van der Waals surface area contributed by atoms with Gasteiger partial charge < -0.3 is 10.2 Å². The molecule has 0 aliphatic heterocycles. The number of aromatic nitrogens is 3. The summed E-state index contributed by atoms with van der Waals surface area (Å²) in [5, 5.41) is 7.95. The first kappa shape index (κ1) is 22.2. The van der Waals surface area contributed by atoms with Crippen molar-refractivity contribution in [2.75, 3.05) is 19.6 Å². The van der Waals surface area contributed by atoms with E-state index in [0.717, 1.165) is 11.1 Å². The summed E-state index contributed by atoms with van der Waals surface area (Å²) in [6.45, 7) is 5.54. The minimum Gasteiger partial charge on any atom is -0.343 e. The second-order valence-electron chi connectivity index (χ2n) is 7.69. The highest BCUT2D eigenvalue weighted by atomic mass is 16.2. The van der Waals surface area contributed by atoms with E-state index in [9.17, 15) is 9.59 Å². The summed E-state index contributed by atoms with van der Waals surface area (Å²) in [6, 6.07) is 21.5. The number of benzene rings is 2. The summed E-state index contributed by atoms with van der Waals surface area (Å²) < 4.78 is 1.80. The van der Waals surface area contributed by atoms with Crippen LogP contribution in [0.3, 0.4) is 0 Å². The van der Waals surface area contributed by atoms with Crippen molar-refractivity contribution in [1.29, 1.82) is 0 Å². The summed E-state index contributed by atoms with van der Waals surface area (Å²) in [5.74, 6) is -0.430. The van der Waals surface area contributed by atoms with Crippen molar-refractivity contribution in [2.24, 2.45) is 0 Å². The number of carbonyl (C=O) groups is 2. The Labute approximate surface area is 193 Å². The lowest BCUT2D eigenvalue weighted by atomic mass is 10.1. The standard InChI is InChI=1S/C26H27N5O2/c1-3-30(4-2)24(32)17-27-26(33)21-15-23(20-13-9-6-10-14-20)29-25-22(21)16-28-31(25)18-19-11-7-5-8-12-19/h5-16H,3-4,17-18H2,1-2H3,(H,27,33). The highest BCUT2D eigenvalue weighted by Gasteiger charge is 2.19. The summed E-state index contributed by atoms with van der Waals surface area (Å²) in [5.41, 5.74) is 3.74. The van der Waals surface area contributed by atoms with E-state index in [2.05, 4.69) is 10.4 Å². The Bertz CT molecular complexity index is 1250. The molecule has 4 rings (SSSR count). The Morgan fingerprint density at radius 2 is 1.64 bits per heavy atom. The lowest BCUT2D eigenvalue weighted by Crippen LogP contribution is -2.40. The molecule has 0 saturated carbocycles. The van der Waals surface area contributed by atoms with E-state index in [1.807, 2.05) is 74.5 Å². The van der Waals surface area contributed by atoms with Gasteiger partial charge in [-0.2, -0.15) is 5.10 Å². The molecule has 7 nitrogen and oxygen atoms in total. The minimum absolute atomic E-state index is 0.0524. The van der Waals surface area contributed by atoms with Crippen molar-refractivity contribution in [3.8, 4) is 11.3 Å². The first-order valence-corrected chi connectivity index (χ1v) is 11.1. The third-order valence-electron chi connectivity index (χ3n) is 5.61. The molecule has 2 aromatic heterocycles. The molecule has 2 heterocycles. The van der Waals surface area contributed by atoms with Gasteiger partial charge in [-0.25, -0.2) is 9.67 Å². The first-order valence-electron chi connectivity index (χ1n) is 11.1. The Kier molecular flexibility index (Phi) is 6.78. The maximum atomic E-state index is 13.2. The summed E-state index contributed by atoms with van der Waals surface area (Å²) >= 11 is 0. The van der Waals surface area contributed by atoms with Crippen molar-refractivity contribution in [3.05, 3.63) is 84.1 Å². The van der Waals surface area contributed by atoms with Crippen LogP contribution in [0.2, 0.25) is 0 Å². The normalized spacial score (nSPS) is 10.8. The van der Waals surface area contributed by atoms with Gasteiger partial charge in [0.2, 0.25) is 5.91 Å². The van der Waals surface area contributed by atoms with Crippen molar-refractivity contribution in [1.82, 2.24) is 25.0 Å². The number of hydrogen-bond acceptors (Lipinski definition) is 4. The van der Waals surface area contributed by atoms with Crippen LogP contribution < -0.4 is 5.32 Å². The molecule has 0 bridgehead atoms. The predicted molar refractivity (Wildman–Crippen MR) is 129 cm³/mol. The smallest absolute Gasteiger partial charge is 0.252 e. The SMILES string of the molecule is CCN(CC)C(=O)CNC(=O)c1cc(-c2ccccc2)nc2c1cnn2Cc1ccccc1. The number of pyridine rings is 1. The number of nitrogens with zero attached hydrogens (tertiary/aromatic N) is 4. The number of carbonyl (C=O) groups excluding carboxylic acids is 2. The zero-order valence-electron chi connectivity index (χ0n) is 18.9. The van der Waals surface area contributed by atoms with E-state index in [4.69, 9.17) is 4.98 Å². The highest BCUT2D eigenvalue weighted by molar-refractivity contribution is 6.07. The van der Waals surface area contributed by atoms with E-state index < -0.39 is 0 Å². The molecule has 2 aromatic carbocycles. The van der Waals surface area contributed by atoms with Crippen molar-refractivity contribution in [2.45, 2.75) is 20.4 Å². The molecule has 168 valence electrons. The molecule has 2 amide bonds. The van der Waals surface area contributed by atoms with Gasteiger partial charge in [-0.15, -0.1) is 0 Å². The van der Waals surface area contributed by atoms with Crippen LogP contribution in [-0.4, -0.2) is 51.1 Å². The van der Waals surface area contributed by atoms with E-state index in [1.165, 1.54) is 0 Å². The zero-order chi connectivity index (χ0) is 23.2. The molecule has 0 radical (unpaired) electrons. The van der Waals surface area contributed by atoms with E-state index in [0.29, 0.717) is 41.9 Å². The number of hydrogen-bond donors (Lipinski definition) is 1. The molecule has 33 heavy (non-hydrogen) atoms. The number of rotatable bonds is 8. The Morgan fingerprint density at radius 3 is 2.30 bits per heavy atom. The highest BCUT2D eigenvalue weighted by Crippen LogP contribution is 2.25. The van der Waals surface area contributed by atoms with Gasteiger partial charge in [0.15, 0.2) is 5.65 Å². The molecule has 0 saturated heterocycles. The van der Waals surface area contributed by atoms with Crippen molar-refractivity contribution >= 4 is 22.8 Å². The lowest BCUT2D eigenvalue weighted by Gasteiger charge is -2.18. The number of amides is 2. The molecule has 0 fully saturated rings. The van der Waals surface area contributed by atoms with Gasteiger partial charge in [0.1, 0.15) is 0 Å². The van der Waals surface area contributed by atoms with Gasteiger partial charge in [-0.3, -0.25) is 9.59 Å². The van der Waals surface area contributed by atoms with Crippen LogP contribution in [0.4, 0.5) is 0 Å². The molecule has 4 aromatic rings. The molecule has 1 N–H and O–H groups in total. The van der Waals surface area contributed by atoms with Gasteiger partial charge in [0, 0.05) is 18.7 Å². The molecular formula is C26H27N5O2. The van der Waals surface area contributed by atoms with Gasteiger partial charge in [-0.05, 0) is 25.5 Å². The Balaban J connectivity index is 1.71. The van der Waals surface area contributed by atoms with Crippen LogP contribution in [0.15, 0.2) is 72.9 Å². The molecule has 0 aliphatic carbocycles. The first-order chi connectivity index (χ1) is 16.1. The largest absolute Gasteiger partial charge is 0.343 e. The molecule has 0 atom stereocenters. The van der Waals surface area contributed by atoms with Crippen molar-refractivity contribution < 1.29 is 9.59 Å². The summed E-state index contributed by atoms with van der Waals surface area (Å²) in [6.07, 6.45) is 1.67. The predicted octanol–water partition coefficient (Wildman–Crippen LogP) is 3.74. The lowest BCUT2D eigenvalue weighted by molar-refractivity contribution is -0.129. The number of nitrogens with one attached hydrogen (secondary N) is 1.